The van der Waals surface area contributed by atoms with E-state index in [0.29, 0.717) is 0 Å². The van der Waals surface area contributed by atoms with Crippen LogP contribution in [0.15, 0.2) is 243 Å². The molecule has 0 N–H and O–H groups in total. The first-order valence-corrected chi connectivity index (χ1v) is 22.3. The van der Waals surface area contributed by atoms with Crippen molar-refractivity contribution in [3.8, 4) is 50.2 Å². The highest BCUT2D eigenvalue weighted by molar-refractivity contribution is 7.25. The Morgan fingerprint density at radius 3 is 1.51 bits per heavy atom. The molecule has 0 aliphatic heterocycles. The van der Waals surface area contributed by atoms with E-state index in [1.807, 2.05) is 11.3 Å². The first-order chi connectivity index (χ1) is 31.3. The quantitative estimate of drug-likeness (QED) is 0.148. The molecule has 0 saturated carbocycles. The summed E-state index contributed by atoms with van der Waals surface area (Å²) in [6.07, 6.45) is 0. The monoisotopic (exact) mass is 820 g/mol. The minimum atomic E-state index is 1.07. The summed E-state index contributed by atoms with van der Waals surface area (Å²) in [4.78, 5) is 2.47. The first-order valence-electron chi connectivity index (χ1n) is 21.5. The van der Waals surface area contributed by atoms with Crippen molar-refractivity contribution >= 4 is 70.4 Å². The van der Waals surface area contributed by atoms with Gasteiger partial charge in [-0.05, 0) is 93.5 Å². The van der Waals surface area contributed by atoms with Gasteiger partial charge in [0.2, 0.25) is 0 Å². The fourth-order valence-corrected chi connectivity index (χ4v) is 10.7. The maximum atomic E-state index is 2.47. The molecule has 3 heteroatoms. The van der Waals surface area contributed by atoms with E-state index in [4.69, 9.17) is 0 Å². The molecule has 0 fully saturated rings. The molecule has 0 bridgehead atoms. The van der Waals surface area contributed by atoms with Crippen LogP contribution in [0.5, 0.6) is 0 Å². The summed E-state index contributed by atoms with van der Waals surface area (Å²) in [6.45, 7) is 0. The van der Waals surface area contributed by atoms with Gasteiger partial charge < -0.3 is 9.47 Å². The third-order valence-electron chi connectivity index (χ3n) is 12.4. The fraction of sp³-hybridized carbons (Fsp3) is 0. The van der Waals surface area contributed by atoms with E-state index in [9.17, 15) is 0 Å². The van der Waals surface area contributed by atoms with E-state index >= 15 is 0 Å². The molecule has 296 valence electrons. The third kappa shape index (κ3) is 6.33. The van der Waals surface area contributed by atoms with Crippen molar-refractivity contribution in [3.63, 3.8) is 0 Å². The topological polar surface area (TPSA) is 8.17 Å². The van der Waals surface area contributed by atoms with E-state index < -0.39 is 0 Å². The molecule has 0 radical (unpaired) electrons. The Balaban J connectivity index is 1.07. The van der Waals surface area contributed by atoms with E-state index in [2.05, 4.69) is 252 Å². The zero-order valence-electron chi connectivity index (χ0n) is 34.4. The average Bonchev–Trinajstić information content (AvgIpc) is 3.90. The maximum Gasteiger partial charge on any atom is 0.0702 e. The molecule has 2 nitrogen and oxygen atoms in total. The van der Waals surface area contributed by atoms with Gasteiger partial charge in [-0.2, -0.15) is 0 Å². The Morgan fingerprint density at radius 1 is 0.302 bits per heavy atom. The molecule has 12 aromatic rings. The number of benzene rings is 10. The molecule has 2 aromatic heterocycles. The lowest BCUT2D eigenvalue weighted by atomic mass is 9.88. The van der Waals surface area contributed by atoms with E-state index in [1.54, 1.807) is 0 Å². The lowest BCUT2D eigenvalue weighted by Crippen LogP contribution is -2.14. The standard InChI is InChI=1S/C60H40N2S/c1-2-18-42(19-3-1)45-20-4-5-21-46(45)47-22-6-7-23-48(47)49-24-8-12-28-54(49)61(44-37-34-41(35-38-44)43-36-39-53-52-27-11-17-33-59(52)63-60(53)40-43)57-31-15-16-32-58(57)62-55-29-13-9-25-50(55)51-26-10-14-30-56(51)62/h1-40H. The summed E-state index contributed by atoms with van der Waals surface area (Å²) in [5.41, 5.74) is 16.2. The van der Waals surface area contributed by atoms with Gasteiger partial charge in [0.05, 0.1) is 28.1 Å². The number of para-hydroxylation sites is 5. The smallest absolute Gasteiger partial charge is 0.0702 e. The van der Waals surface area contributed by atoms with Gasteiger partial charge in [0.25, 0.3) is 0 Å². The molecule has 12 rings (SSSR count). The minimum Gasteiger partial charge on any atom is -0.308 e. The van der Waals surface area contributed by atoms with Crippen molar-refractivity contribution in [1.82, 2.24) is 4.57 Å². The second kappa shape index (κ2) is 15.5. The Labute approximate surface area is 370 Å². The van der Waals surface area contributed by atoms with Gasteiger partial charge in [-0.15, -0.1) is 11.3 Å². The van der Waals surface area contributed by atoms with Gasteiger partial charge in [-0.25, -0.2) is 0 Å². The van der Waals surface area contributed by atoms with Crippen LogP contribution < -0.4 is 4.90 Å². The number of nitrogens with zero attached hydrogens (tertiary/aromatic N) is 2. The highest BCUT2D eigenvalue weighted by Crippen LogP contribution is 2.48. The SMILES string of the molecule is c1ccc(-c2ccccc2-c2ccccc2-c2ccccc2N(c2ccc(-c3ccc4c(c3)sc3ccccc34)cc2)c2ccccc2-n2c3ccccc3c3ccccc32)cc1. The van der Waals surface area contributed by atoms with Gasteiger partial charge in [0.15, 0.2) is 0 Å². The molecule has 0 spiro atoms. The van der Waals surface area contributed by atoms with Crippen molar-refractivity contribution in [1.29, 1.82) is 0 Å². The molecule has 0 amide bonds. The lowest BCUT2D eigenvalue weighted by molar-refractivity contribution is 1.15. The van der Waals surface area contributed by atoms with Gasteiger partial charge in [-0.1, -0.05) is 188 Å². The van der Waals surface area contributed by atoms with Gasteiger partial charge in [-0.3, -0.25) is 0 Å². The molecule has 0 unspecified atom stereocenters. The Hall–Kier alpha value is -7.98. The largest absolute Gasteiger partial charge is 0.308 e. The van der Waals surface area contributed by atoms with Crippen LogP contribution in [0.25, 0.3) is 92.2 Å². The second-order valence-electron chi connectivity index (χ2n) is 16.0. The molecular formula is C60H40N2S. The summed E-state index contributed by atoms with van der Waals surface area (Å²) < 4.78 is 5.07. The number of hydrogen-bond donors (Lipinski definition) is 0. The van der Waals surface area contributed by atoms with Crippen molar-refractivity contribution < 1.29 is 0 Å². The van der Waals surface area contributed by atoms with E-state index in [-0.39, 0.29) is 0 Å². The minimum absolute atomic E-state index is 1.07. The molecule has 0 atom stereocenters. The molecule has 2 heterocycles. The Kier molecular flexibility index (Phi) is 9.06. The fourth-order valence-electron chi connectivity index (χ4n) is 9.58. The maximum absolute atomic E-state index is 2.47. The first kappa shape index (κ1) is 36.8. The van der Waals surface area contributed by atoms with Crippen molar-refractivity contribution in [3.05, 3.63) is 243 Å². The van der Waals surface area contributed by atoms with Crippen molar-refractivity contribution in [2.75, 3.05) is 4.90 Å². The van der Waals surface area contributed by atoms with Crippen molar-refractivity contribution in [2.45, 2.75) is 0 Å². The molecule has 0 saturated heterocycles. The number of hydrogen-bond acceptors (Lipinski definition) is 2. The zero-order chi connectivity index (χ0) is 41.7. The van der Waals surface area contributed by atoms with Crippen LogP contribution >= 0.6 is 11.3 Å². The normalized spacial score (nSPS) is 11.5. The van der Waals surface area contributed by atoms with E-state index in [0.717, 1.165) is 28.3 Å². The summed E-state index contributed by atoms with van der Waals surface area (Å²) in [7, 11) is 0. The van der Waals surface area contributed by atoms with Crippen LogP contribution in [0.1, 0.15) is 0 Å². The number of thiophene rings is 1. The molecule has 63 heavy (non-hydrogen) atoms. The number of rotatable bonds is 8. The van der Waals surface area contributed by atoms with Crippen molar-refractivity contribution in [2.24, 2.45) is 0 Å². The van der Waals surface area contributed by atoms with Gasteiger partial charge in [0, 0.05) is 42.2 Å². The summed E-state index contributed by atoms with van der Waals surface area (Å²) in [6, 6.07) is 88.5. The van der Waals surface area contributed by atoms with Gasteiger partial charge in [0.1, 0.15) is 0 Å². The van der Waals surface area contributed by atoms with Gasteiger partial charge >= 0.3 is 0 Å². The molecule has 10 aromatic carbocycles. The van der Waals surface area contributed by atoms with Crippen LogP contribution in [0.2, 0.25) is 0 Å². The van der Waals surface area contributed by atoms with E-state index in [1.165, 1.54) is 80.9 Å². The predicted octanol–water partition coefficient (Wildman–Crippen LogP) is 17.3. The Bertz CT molecular complexity index is 3580. The van der Waals surface area contributed by atoms with Crippen LogP contribution in [-0.2, 0) is 0 Å². The summed E-state index contributed by atoms with van der Waals surface area (Å²) in [5.74, 6) is 0. The van der Waals surface area contributed by atoms with Crippen LogP contribution in [0.4, 0.5) is 17.1 Å². The number of aromatic nitrogens is 1. The summed E-state index contributed by atoms with van der Waals surface area (Å²) >= 11 is 1.86. The summed E-state index contributed by atoms with van der Waals surface area (Å²) in [5, 5.41) is 5.11. The lowest BCUT2D eigenvalue weighted by Gasteiger charge is -2.31. The predicted molar refractivity (Wildman–Crippen MR) is 270 cm³/mol. The highest BCUT2D eigenvalue weighted by Gasteiger charge is 2.24. The highest BCUT2D eigenvalue weighted by atomic mass is 32.1. The third-order valence-corrected chi connectivity index (χ3v) is 13.6. The molecule has 0 aliphatic carbocycles. The van der Waals surface area contributed by atoms with Crippen LogP contribution in [0, 0.1) is 0 Å². The Morgan fingerprint density at radius 2 is 0.794 bits per heavy atom. The average molecular weight is 821 g/mol. The number of anilines is 3. The van der Waals surface area contributed by atoms with Crippen LogP contribution in [0.3, 0.4) is 0 Å². The second-order valence-corrected chi connectivity index (χ2v) is 17.1. The zero-order valence-corrected chi connectivity index (χ0v) is 35.2. The molecule has 0 aliphatic rings. The van der Waals surface area contributed by atoms with Crippen LogP contribution in [-0.4, -0.2) is 4.57 Å². The molecular weight excluding hydrogens is 781 g/mol. The number of fused-ring (bicyclic) bond motifs is 6.